The standard InChI is InChI=1S/C14H26N4O/c1-11(2)14-16-15-13(17(14)3)10-18(12-6-7-12)8-4-5-9-19/h11-12,19H,4-10H2,1-3H3. The van der Waals surface area contributed by atoms with Crippen LogP contribution in [0.5, 0.6) is 0 Å². The average molecular weight is 266 g/mol. The van der Waals surface area contributed by atoms with E-state index < -0.39 is 0 Å². The molecule has 0 radical (unpaired) electrons. The molecule has 0 aliphatic heterocycles. The first-order chi connectivity index (χ1) is 9.13. The average Bonchev–Trinajstić information content (AvgIpc) is 3.14. The van der Waals surface area contributed by atoms with E-state index in [-0.39, 0.29) is 0 Å². The van der Waals surface area contributed by atoms with Crippen molar-refractivity contribution in [3.63, 3.8) is 0 Å². The molecule has 1 aliphatic carbocycles. The summed E-state index contributed by atoms with van der Waals surface area (Å²) < 4.78 is 2.13. The molecule has 5 heteroatoms. The van der Waals surface area contributed by atoms with E-state index in [0.29, 0.717) is 12.5 Å². The summed E-state index contributed by atoms with van der Waals surface area (Å²) in [6.45, 7) is 6.52. The summed E-state index contributed by atoms with van der Waals surface area (Å²) in [6, 6.07) is 0.720. The zero-order valence-electron chi connectivity index (χ0n) is 12.3. The molecule has 0 amide bonds. The molecule has 1 saturated carbocycles. The Morgan fingerprint density at radius 3 is 2.58 bits per heavy atom. The second-order valence-corrected chi connectivity index (χ2v) is 5.82. The molecule has 1 aliphatic rings. The van der Waals surface area contributed by atoms with E-state index in [1.165, 1.54) is 12.8 Å². The topological polar surface area (TPSA) is 54.2 Å². The maximum atomic E-state index is 8.89. The number of unbranched alkanes of at least 4 members (excludes halogenated alkanes) is 1. The summed E-state index contributed by atoms with van der Waals surface area (Å²) in [7, 11) is 2.06. The van der Waals surface area contributed by atoms with Crippen LogP contribution >= 0.6 is 0 Å². The summed E-state index contributed by atoms with van der Waals surface area (Å²) in [6.07, 6.45) is 4.54. The Bertz CT molecular complexity index is 398. The number of aliphatic hydroxyl groups excluding tert-OH is 1. The van der Waals surface area contributed by atoms with Crippen LogP contribution in [-0.4, -0.2) is 44.0 Å². The van der Waals surface area contributed by atoms with Gasteiger partial charge in [0.05, 0.1) is 6.54 Å². The monoisotopic (exact) mass is 266 g/mol. The number of hydrogen-bond donors (Lipinski definition) is 1. The van der Waals surface area contributed by atoms with Crippen molar-refractivity contribution in [3.05, 3.63) is 11.6 Å². The molecule has 1 aromatic heterocycles. The molecule has 2 rings (SSSR count). The first-order valence-corrected chi connectivity index (χ1v) is 7.36. The van der Waals surface area contributed by atoms with Crippen LogP contribution in [0.15, 0.2) is 0 Å². The van der Waals surface area contributed by atoms with Gasteiger partial charge in [-0.1, -0.05) is 13.8 Å². The van der Waals surface area contributed by atoms with Crippen LogP contribution in [0.3, 0.4) is 0 Å². The first kappa shape index (κ1) is 14.5. The predicted molar refractivity (Wildman–Crippen MR) is 74.8 cm³/mol. The SMILES string of the molecule is CC(C)c1nnc(CN(CCCCO)C2CC2)n1C. The number of aliphatic hydroxyl groups is 1. The fourth-order valence-electron chi connectivity index (χ4n) is 2.45. The number of aromatic nitrogens is 3. The normalized spacial score (nSPS) is 15.7. The number of nitrogens with zero attached hydrogens (tertiary/aromatic N) is 4. The van der Waals surface area contributed by atoms with E-state index >= 15 is 0 Å². The van der Waals surface area contributed by atoms with E-state index in [2.05, 4.69) is 40.6 Å². The Kier molecular flexibility index (Phi) is 4.93. The van der Waals surface area contributed by atoms with Gasteiger partial charge in [-0.3, -0.25) is 4.90 Å². The molecule has 0 unspecified atom stereocenters. The van der Waals surface area contributed by atoms with Crippen LogP contribution in [-0.2, 0) is 13.6 Å². The third-order valence-corrected chi connectivity index (χ3v) is 3.78. The third-order valence-electron chi connectivity index (χ3n) is 3.78. The second kappa shape index (κ2) is 6.48. The molecule has 0 bridgehead atoms. The van der Waals surface area contributed by atoms with Gasteiger partial charge in [-0.25, -0.2) is 0 Å². The van der Waals surface area contributed by atoms with E-state index in [1.54, 1.807) is 0 Å². The summed E-state index contributed by atoms with van der Waals surface area (Å²) >= 11 is 0. The third kappa shape index (κ3) is 3.76. The Balaban J connectivity index is 1.96. The van der Waals surface area contributed by atoms with Gasteiger partial charge in [-0.15, -0.1) is 10.2 Å². The quantitative estimate of drug-likeness (QED) is 0.727. The Labute approximate surface area is 115 Å². The molecule has 0 atom stereocenters. The Morgan fingerprint density at radius 2 is 2.05 bits per heavy atom. The van der Waals surface area contributed by atoms with Gasteiger partial charge >= 0.3 is 0 Å². The molecule has 1 aromatic rings. The van der Waals surface area contributed by atoms with Crippen molar-refractivity contribution in [3.8, 4) is 0 Å². The summed E-state index contributed by atoms with van der Waals surface area (Å²) in [5.41, 5.74) is 0. The minimum absolute atomic E-state index is 0.292. The summed E-state index contributed by atoms with van der Waals surface area (Å²) in [4.78, 5) is 2.49. The maximum Gasteiger partial charge on any atom is 0.146 e. The van der Waals surface area contributed by atoms with Gasteiger partial charge in [0.1, 0.15) is 11.6 Å². The fraction of sp³-hybridized carbons (Fsp3) is 0.857. The Hall–Kier alpha value is -0.940. The van der Waals surface area contributed by atoms with Crippen molar-refractivity contribution in [2.75, 3.05) is 13.2 Å². The van der Waals surface area contributed by atoms with Crippen molar-refractivity contribution >= 4 is 0 Å². The van der Waals surface area contributed by atoms with Gasteiger partial charge in [0.15, 0.2) is 0 Å². The van der Waals surface area contributed by atoms with Crippen LogP contribution < -0.4 is 0 Å². The smallest absolute Gasteiger partial charge is 0.146 e. The molecule has 1 heterocycles. The van der Waals surface area contributed by atoms with Crippen molar-refractivity contribution in [2.45, 2.75) is 58.0 Å². The lowest BCUT2D eigenvalue weighted by Crippen LogP contribution is -2.28. The lowest BCUT2D eigenvalue weighted by molar-refractivity contribution is 0.223. The van der Waals surface area contributed by atoms with Crippen molar-refractivity contribution < 1.29 is 5.11 Å². The van der Waals surface area contributed by atoms with Crippen molar-refractivity contribution in [2.24, 2.45) is 7.05 Å². The molecule has 108 valence electrons. The molecule has 0 aromatic carbocycles. The van der Waals surface area contributed by atoms with E-state index in [4.69, 9.17) is 5.11 Å². The lowest BCUT2D eigenvalue weighted by Gasteiger charge is -2.21. The molecular formula is C14H26N4O. The second-order valence-electron chi connectivity index (χ2n) is 5.82. The van der Waals surface area contributed by atoms with Gasteiger partial charge in [-0.2, -0.15) is 0 Å². The molecule has 5 nitrogen and oxygen atoms in total. The zero-order valence-corrected chi connectivity index (χ0v) is 12.3. The van der Waals surface area contributed by atoms with Crippen LogP contribution in [0, 0.1) is 0 Å². The van der Waals surface area contributed by atoms with Crippen molar-refractivity contribution in [1.29, 1.82) is 0 Å². The number of hydrogen-bond acceptors (Lipinski definition) is 4. The van der Waals surface area contributed by atoms with Crippen molar-refractivity contribution in [1.82, 2.24) is 19.7 Å². The first-order valence-electron chi connectivity index (χ1n) is 7.36. The van der Waals surface area contributed by atoms with E-state index in [1.807, 2.05) is 0 Å². The van der Waals surface area contributed by atoms with Gasteiger partial charge in [-0.05, 0) is 32.2 Å². The molecule has 0 spiro atoms. The highest BCUT2D eigenvalue weighted by molar-refractivity contribution is 5.00. The van der Waals surface area contributed by atoms with Crippen LogP contribution in [0.2, 0.25) is 0 Å². The maximum absolute atomic E-state index is 8.89. The molecule has 1 fully saturated rings. The highest BCUT2D eigenvalue weighted by atomic mass is 16.2. The van der Waals surface area contributed by atoms with E-state index in [0.717, 1.165) is 43.6 Å². The highest BCUT2D eigenvalue weighted by Crippen LogP contribution is 2.28. The fourth-order valence-corrected chi connectivity index (χ4v) is 2.45. The van der Waals surface area contributed by atoms with Gasteiger partial charge < -0.3 is 9.67 Å². The molecule has 19 heavy (non-hydrogen) atoms. The minimum Gasteiger partial charge on any atom is -0.396 e. The van der Waals surface area contributed by atoms with E-state index in [9.17, 15) is 0 Å². The summed E-state index contributed by atoms with van der Waals surface area (Å²) in [5.74, 6) is 2.52. The largest absolute Gasteiger partial charge is 0.396 e. The van der Waals surface area contributed by atoms with Gasteiger partial charge in [0.25, 0.3) is 0 Å². The highest BCUT2D eigenvalue weighted by Gasteiger charge is 2.29. The predicted octanol–water partition coefficient (Wildman–Crippen LogP) is 1.68. The van der Waals surface area contributed by atoms with Gasteiger partial charge in [0.2, 0.25) is 0 Å². The summed E-state index contributed by atoms with van der Waals surface area (Å²) in [5, 5.41) is 17.5. The van der Waals surface area contributed by atoms with Crippen LogP contribution in [0.25, 0.3) is 0 Å². The Morgan fingerprint density at radius 1 is 1.32 bits per heavy atom. The van der Waals surface area contributed by atoms with Gasteiger partial charge in [0, 0.05) is 25.6 Å². The minimum atomic E-state index is 0.292. The lowest BCUT2D eigenvalue weighted by atomic mass is 10.2. The number of rotatable bonds is 8. The zero-order chi connectivity index (χ0) is 13.8. The molecular weight excluding hydrogens is 240 g/mol. The van der Waals surface area contributed by atoms with Crippen LogP contribution in [0.1, 0.15) is 57.1 Å². The molecule has 0 saturated heterocycles. The van der Waals surface area contributed by atoms with Crippen LogP contribution in [0.4, 0.5) is 0 Å². The molecule has 1 N–H and O–H groups in total.